The number of nitrogens with zero attached hydrogens (tertiary/aromatic N) is 1. The number of benzene rings is 3. The van der Waals surface area contributed by atoms with Crippen LogP contribution in [0.5, 0.6) is 5.75 Å². The largest absolute Gasteiger partial charge is 0.487 e. The maximum Gasteiger partial charge on any atom is 0.323 e. The summed E-state index contributed by atoms with van der Waals surface area (Å²) in [6, 6.07) is 17.8. The highest BCUT2D eigenvalue weighted by Crippen LogP contribution is 2.38. The zero-order valence-corrected chi connectivity index (χ0v) is 22.2. The topological polar surface area (TPSA) is 66.8 Å². The molecule has 0 fully saturated rings. The Morgan fingerprint density at radius 3 is 2.35 bits per heavy atom. The van der Waals surface area contributed by atoms with E-state index in [-0.39, 0.29) is 22.9 Å². The number of carboxylic acids is 1. The molecule has 0 saturated carbocycles. The summed E-state index contributed by atoms with van der Waals surface area (Å²) in [6.07, 6.45) is 0.996. The van der Waals surface area contributed by atoms with Crippen molar-refractivity contribution in [3.8, 4) is 5.75 Å². The van der Waals surface area contributed by atoms with Crippen LogP contribution in [0.4, 0.5) is 4.39 Å². The van der Waals surface area contributed by atoms with Gasteiger partial charge in [-0.1, -0.05) is 62.7 Å². The number of carbonyl (C=O) groups is 2. The van der Waals surface area contributed by atoms with Gasteiger partial charge in [0.1, 0.15) is 23.7 Å². The van der Waals surface area contributed by atoms with E-state index in [0.717, 1.165) is 22.3 Å². The average molecular weight is 524 g/mol. The molecule has 0 radical (unpaired) electrons. The second-order valence-corrected chi connectivity index (χ2v) is 11.4. The van der Waals surface area contributed by atoms with Crippen LogP contribution in [0.1, 0.15) is 60.3 Å². The summed E-state index contributed by atoms with van der Waals surface area (Å²) in [5.74, 6) is -1.25. The number of fused-ring (bicyclic) bond motifs is 1. The van der Waals surface area contributed by atoms with Crippen molar-refractivity contribution in [2.24, 2.45) is 0 Å². The first-order valence-electron chi connectivity index (χ1n) is 12.2. The zero-order valence-electron chi connectivity index (χ0n) is 21.5. The lowest BCUT2D eigenvalue weighted by Gasteiger charge is -2.24. The standard InChI is InChI=1S/C30H31ClFNO4/c1-29(2,3)23-9-5-19(6-10-23)17-33(18-27(34)35)28(36)21-8-12-26-22(14-21)16-30(4,37-26)15-20-7-11-24(31)25(32)13-20/h5-14H,15-18H2,1-4H3,(H,34,35)/t30-/m0/s1. The van der Waals surface area contributed by atoms with Crippen LogP contribution in [0, 0.1) is 5.82 Å². The number of carbonyl (C=O) groups excluding carboxylic acids is 1. The number of rotatable bonds is 7. The van der Waals surface area contributed by atoms with Gasteiger partial charge in [0.2, 0.25) is 0 Å². The number of ether oxygens (including phenoxy) is 1. The molecule has 3 aromatic rings. The average Bonchev–Trinajstić information content (AvgIpc) is 3.15. The number of aliphatic carboxylic acids is 1. The van der Waals surface area contributed by atoms with Crippen molar-refractivity contribution >= 4 is 23.5 Å². The van der Waals surface area contributed by atoms with Crippen molar-refractivity contribution in [1.29, 1.82) is 0 Å². The Morgan fingerprint density at radius 2 is 1.73 bits per heavy atom. The second-order valence-electron chi connectivity index (χ2n) is 11.0. The fraction of sp³-hybridized carbons (Fsp3) is 0.333. The number of amides is 1. The third-order valence-electron chi connectivity index (χ3n) is 6.60. The first-order chi connectivity index (χ1) is 17.3. The first-order valence-corrected chi connectivity index (χ1v) is 12.6. The highest BCUT2D eigenvalue weighted by atomic mass is 35.5. The normalized spacial score (nSPS) is 16.7. The highest BCUT2D eigenvalue weighted by Gasteiger charge is 2.36. The van der Waals surface area contributed by atoms with E-state index in [1.165, 1.54) is 17.0 Å². The first kappa shape index (κ1) is 26.7. The molecule has 0 aromatic heterocycles. The third kappa shape index (κ3) is 6.31. The van der Waals surface area contributed by atoms with E-state index < -0.39 is 23.9 Å². The number of halogens is 2. The molecule has 0 unspecified atom stereocenters. The van der Waals surface area contributed by atoms with Crippen LogP contribution < -0.4 is 4.74 Å². The summed E-state index contributed by atoms with van der Waals surface area (Å²) in [5.41, 5.74) is 3.42. The van der Waals surface area contributed by atoms with Crippen molar-refractivity contribution in [2.75, 3.05) is 6.54 Å². The molecular weight excluding hydrogens is 493 g/mol. The molecule has 3 aromatic carbocycles. The molecule has 1 N–H and O–H groups in total. The molecule has 0 saturated heterocycles. The molecule has 1 heterocycles. The molecule has 0 aliphatic carbocycles. The summed E-state index contributed by atoms with van der Waals surface area (Å²) in [4.78, 5) is 26.3. The Morgan fingerprint density at radius 1 is 1.05 bits per heavy atom. The summed E-state index contributed by atoms with van der Waals surface area (Å²) < 4.78 is 20.1. The monoisotopic (exact) mass is 523 g/mol. The smallest absolute Gasteiger partial charge is 0.323 e. The minimum atomic E-state index is -1.08. The summed E-state index contributed by atoms with van der Waals surface area (Å²) in [5, 5.41) is 9.53. The van der Waals surface area contributed by atoms with Crippen LogP contribution in [0.3, 0.4) is 0 Å². The van der Waals surface area contributed by atoms with Gasteiger partial charge in [-0.2, -0.15) is 0 Å². The molecule has 7 heteroatoms. The maximum atomic E-state index is 13.9. The van der Waals surface area contributed by atoms with Gasteiger partial charge in [0.05, 0.1) is 5.02 Å². The molecule has 4 rings (SSSR count). The van der Waals surface area contributed by atoms with E-state index in [0.29, 0.717) is 24.2 Å². The molecular formula is C30H31ClFNO4. The second kappa shape index (κ2) is 10.2. The molecule has 1 amide bonds. The van der Waals surface area contributed by atoms with Crippen LogP contribution in [-0.2, 0) is 29.6 Å². The number of hydrogen-bond acceptors (Lipinski definition) is 3. The summed E-state index contributed by atoms with van der Waals surface area (Å²) in [7, 11) is 0. The van der Waals surface area contributed by atoms with Gasteiger partial charge < -0.3 is 14.7 Å². The van der Waals surface area contributed by atoms with Gasteiger partial charge in [-0.3, -0.25) is 9.59 Å². The molecule has 194 valence electrons. The lowest BCUT2D eigenvalue weighted by molar-refractivity contribution is -0.137. The van der Waals surface area contributed by atoms with E-state index in [2.05, 4.69) is 20.8 Å². The Kier molecular flexibility index (Phi) is 7.33. The van der Waals surface area contributed by atoms with Crippen molar-refractivity contribution in [2.45, 2.75) is 58.1 Å². The predicted octanol–water partition coefficient (Wildman–Crippen LogP) is 6.44. The quantitative estimate of drug-likeness (QED) is 0.387. The van der Waals surface area contributed by atoms with Crippen molar-refractivity contribution in [3.63, 3.8) is 0 Å². The van der Waals surface area contributed by atoms with Crippen molar-refractivity contribution in [1.82, 2.24) is 4.90 Å². The van der Waals surface area contributed by atoms with E-state index in [1.807, 2.05) is 31.2 Å². The lowest BCUT2D eigenvalue weighted by Crippen LogP contribution is -2.35. The van der Waals surface area contributed by atoms with E-state index >= 15 is 0 Å². The van der Waals surface area contributed by atoms with E-state index in [9.17, 15) is 19.1 Å². The molecule has 1 atom stereocenters. The van der Waals surface area contributed by atoms with Crippen molar-refractivity contribution < 1.29 is 23.8 Å². The van der Waals surface area contributed by atoms with Gasteiger partial charge in [-0.15, -0.1) is 0 Å². The van der Waals surface area contributed by atoms with E-state index in [1.54, 1.807) is 24.3 Å². The molecule has 37 heavy (non-hydrogen) atoms. The van der Waals surface area contributed by atoms with Gasteiger partial charge in [0.25, 0.3) is 5.91 Å². The van der Waals surface area contributed by atoms with Gasteiger partial charge >= 0.3 is 5.97 Å². The maximum absolute atomic E-state index is 13.9. The zero-order chi connectivity index (χ0) is 27.0. The van der Waals surface area contributed by atoms with Crippen LogP contribution in [-0.4, -0.2) is 34.0 Å². The van der Waals surface area contributed by atoms with E-state index in [4.69, 9.17) is 16.3 Å². The molecule has 1 aliphatic rings. The minimum absolute atomic E-state index is 0.00217. The molecule has 0 spiro atoms. The van der Waals surface area contributed by atoms with Gasteiger partial charge in [0, 0.05) is 24.9 Å². The summed E-state index contributed by atoms with van der Waals surface area (Å²) >= 11 is 5.81. The Hall–Kier alpha value is -3.38. The lowest BCUT2D eigenvalue weighted by atomic mass is 9.87. The number of hydrogen-bond donors (Lipinski definition) is 1. The fourth-order valence-corrected chi connectivity index (χ4v) is 4.83. The van der Waals surface area contributed by atoms with Gasteiger partial charge in [-0.05, 0) is 64.9 Å². The van der Waals surface area contributed by atoms with Gasteiger partial charge in [0.15, 0.2) is 0 Å². The Balaban J connectivity index is 1.51. The fourth-order valence-electron chi connectivity index (χ4n) is 4.71. The number of carboxylic acid groups (broad SMARTS) is 1. The molecule has 0 bridgehead atoms. The molecule has 1 aliphatic heterocycles. The molecule has 5 nitrogen and oxygen atoms in total. The van der Waals surface area contributed by atoms with Crippen LogP contribution in [0.15, 0.2) is 60.7 Å². The minimum Gasteiger partial charge on any atom is -0.487 e. The Labute approximate surface area is 221 Å². The Bertz CT molecular complexity index is 1330. The summed E-state index contributed by atoms with van der Waals surface area (Å²) in [6.45, 7) is 8.09. The van der Waals surface area contributed by atoms with Gasteiger partial charge in [-0.25, -0.2) is 4.39 Å². The predicted molar refractivity (Wildman–Crippen MR) is 142 cm³/mol. The van der Waals surface area contributed by atoms with Crippen LogP contribution in [0.2, 0.25) is 5.02 Å². The van der Waals surface area contributed by atoms with Crippen LogP contribution in [0.25, 0.3) is 0 Å². The SMILES string of the molecule is CC(C)(C)c1ccc(CN(CC(=O)O)C(=O)c2ccc3c(c2)C[C@](C)(Cc2ccc(Cl)c(F)c2)O3)cc1. The van der Waals surface area contributed by atoms with Crippen LogP contribution >= 0.6 is 11.6 Å². The third-order valence-corrected chi connectivity index (χ3v) is 6.90. The highest BCUT2D eigenvalue weighted by molar-refractivity contribution is 6.30. The van der Waals surface area contributed by atoms with Crippen molar-refractivity contribution in [3.05, 3.63) is 99.3 Å².